The molecule has 0 spiro atoms. The van der Waals surface area contributed by atoms with E-state index < -0.39 is 29.9 Å². The minimum absolute atomic E-state index is 0.0883. The van der Waals surface area contributed by atoms with E-state index >= 15 is 0 Å². The number of rotatable bonds is 7. The fourth-order valence-electron chi connectivity index (χ4n) is 6.23. The molecule has 1 saturated heterocycles. The molecule has 12 heteroatoms. The van der Waals surface area contributed by atoms with Gasteiger partial charge in [-0.15, -0.1) is 0 Å². The normalized spacial score (nSPS) is 20.9. The summed E-state index contributed by atoms with van der Waals surface area (Å²) < 4.78 is 5.26. The van der Waals surface area contributed by atoms with Crippen molar-refractivity contribution in [2.45, 2.75) is 84.5 Å². The van der Waals surface area contributed by atoms with E-state index in [-0.39, 0.29) is 36.1 Å². The van der Waals surface area contributed by atoms with Crippen molar-refractivity contribution in [3.63, 3.8) is 0 Å². The molecule has 3 aromatic rings. The van der Waals surface area contributed by atoms with Crippen LogP contribution >= 0.6 is 0 Å². The number of amides is 4. The van der Waals surface area contributed by atoms with Crippen molar-refractivity contribution in [2.24, 2.45) is 5.92 Å². The summed E-state index contributed by atoms with van der Waals surface area (Å²) in [4.78, 5) is 73.7. The lowest BCUT2D eigenvalue weighted by Gasteiger charge is -2.30. The zero-order valence-corrected chi connectivity index (χ0v) is 30.1. The van der Waals surface area contributed by atoms with Crippen LogP contribution in [0.25, 0.3) is 10.9 Å². The van der Waals surface area contributed by atoms with Gasteiger partial charge in [0.15, 0.2) is 0 Å². The summed E-state index contributed by atoms with van der Waals surface area (Å²) in [5.74, 6) is -0.703. The molecule has 3 atom stereocenters. The van der Waals surface area contributed by atoms with Gasteiger partial charge in [0.05, 0.1) is 12.6 Å². The minimum Gasteiger partial charge on any atom is -0.497 e. The van der Waals surface area contributed by atoms with Crippen molar-refractivity contribution in [1.29, 1.82) is 0 Å². The Morgan fingerprint density at radius 1 is 0.920 bits per heavy atom. The van der Waals surface area contributed by atoms with Crippen LogP contribution < -0.4 is 26.2 Å². The number of hydrogen-bond acceptors (Lipinski definition) is 7. The first-order chi connectivity index (χ1) is 23.9. The molecule has 4 N–H and O–H groups in total. The molecule has 0 saturated carbocycles. The summed E-state index contributed by atoms with van der Waals surface area (Å²) in [5, 5.41) is 9.70. The number of aromatic nitrogens is 1. The van der Waals surface area contributed by atoms with Gasteiger partial charge in [-0.25, -0.2) is 0 Å². The zero-order valence-electron chi connectivity index (χ0n) is 30.1. The fraction of sp³-hybridized carbons (Fsp3) is 0.500. The van der Waals surface area contributed by atoms with Gasteiger partial charge in [0.25, 0.3) is 5.56 Å². The number of nitrogens with one attached hydrogen (secondary N) is 4. The van der Waals surface area contributed by atoms with Gasteiger partial charge >= 0.3 is 0 Å². The second-order valence-electron chi connectivity index (χ2n) is 13.7. The van der Waals surface area contributed by atoms with Crippen molar-refractivity contribution >= 4 is 34.5 Å². The van der Waals surface area contributed by atoms with Crippen molar-refractivity contribution < 1.29 is 23.9 Å². The average Bonchev–Trinajstić information content (AvgIpc) is 3.08. The molecule has 0 radical (unpaired) electrons. The topological polar surface area (TPSA) is 153 Å². The molecule has 1 fully saturated rings. The van der Waals surface area contributed by atoms with Crippen LogP contribution in [0.5, 0.6) is 5.75 Å². The third-order valence-electron chi connectivity index (χ3n) is 9.27. The van der Waals surface area contributed by atoms with E-state index in [2.05, 4.69) is 25.8 Å². The van der Waals surface area contributed by atoms with Crippen LogP contribution in [0.2, 0.25) is 0 Å². The largest absolute Gasteiger partial charge is 0.497 e. The lowest BCUT2D eigenvalue weighted by molar-refractivity contribution is -0.141. The molecule has 2 heterocycles. The lowest BCUT2D eigenvalue weighted by atomic mass is 10.00. The molecule has 4 rings (SSSR count). The Hall–Kier alpha value is -4.71. The third-order valence-corrected chi connectivity index (χ3v) is 9.27. The number of para-hydroxylation sites is 1. The molecule has 2 aromatic carbocycles. The minimum atomic E-state index is -0.975. The highest BCUT2D eigenvalue weighted by molar-refractivity contribution is 5.94. The average molecular weight is 689 g/mol. The van der Waals surface area contributed by atoms with Crippen LogP contribution in [0.1, 0.15) is 63.1 Å². The van der Waals surface area contributed by atoms with Gasteiger partial charge < -0.3 is 30.6 Å². The number of fused-ring (bicyclic) bond motifs is 1. The summed E-state index contributed by atoms with van der Waals surface area (Å²) in [6.07, 6.45) is 1.84. The summed E-state index contributed by atoms with van der Waals surface area (Å²) in [6, 6.07) is 12.4. The van der Waals surface area contributed by atoms with E-state index in [4.69, 9.17) is 4.74 Å². The molecular formula is C38H52N6O6. The number of aryl methyl sites for hydroxylation is 1. The van der Waals surface area contributed by atoms with E-state index in [1.54, 1.807) is 33.2 Å². The number of H-pyrrole nitrogens is 1. The van der Waals surface area contributed by atoms with Crippen molar-refractivity contribution in [2.75, 3.05) is 33.8 Å². The van der Waals surface area contributed by atoms with Gasteiger partial charge in [0, 0.05) is 45.1 Å². The molecule has 1 aliphatic heterocycles. The SMILES string of the molecule is COc1ccc(C[C@@H]2NC(=O)C(CC(C)C)NC(=O)CCCN(Cc3cc4cccc(C)c4[nH]c3=O)CCCNC(=O)[C@H](C)N(C)C2=O)cc1. The number of carbonyl (C=O) groups is 4. The molecule has 4 amide bonds. The van der Waals surface area contributed by atoms with Crippen LogP contribution in [-0.2, 0) is 32.1 Å². The van der Waals surface area contributed by atoms with Gasteiger partial charge in [-0.05, 0) is 80.3 Å². The second-order valence-corrected chi connectivity index (χ2v) is 13.7. The molecule has 1 aliphatic rings. The highest BCUT2D eigenvalue weighted by atomic mass is 16.5. The number of nitrogens with zero attached hydrogens (tertiary/aromatic N) is 2. The predicted octanol–water partition coefficient (Wildman–Crippen LogP) is 3.05. The maximum absolute atomic E-state index is 13.9. The Morgan fingerprint density at radius 3 is 2.34 bits per heavy atom. The summed E-state index contributed by atoms with van der Waals surface area (Å²) in [6.45, 7) is 9.37. The zero-order chi connectivity index (χ0) is 36.4. The highest BCUT2D eigenvalue weighted by Gasteiger charge is 2.32. The van der Waals surface area contributed by atoms with Crippen molar-refractivity contribution in [3.05, 3.63) is 75.6 Å². The van der Waals surface area contributed by atoms with Gasteiger partial charge in [-0.3, -0.25) is 28.9 Å². The first kappa shape index (κ1) is 38.1. The number of pyridine rings is 1. The number of likely N-dealkylation sites (N-methyl/N-ethyl adjacent to an activating group) is 1. The number of hydrogen-bond donors (Lipinski definition) is 4. The monoisotopic (exact) mass is 688 g/mol. The van der Waals surface area contributed by atoms with Crippen LogP contribution in [0.4, 0.5) is 0 Å². The van der Waals surface area contributed by atoms with Crippen LogP contribution in [0, 0.1) is 12.8 Å². The van der Waals surface area contributed by atoms with E-state index in [9.17, 15) is 24.0 Å². The molecule has 270 valence electrons. The Bertz CT molecular complexity index is 1700. The Labute approximate surface area is 294 Å². The summed E-state index contributed by atoms with van der Waals surface area (Å²) in [7, 11) is 3.12. The Balaban J connectivity index is 1.56. The first-order valence-electron chi connectivity index (χ1n) is 17.5. The maximum atomic E-state index is 13.9. The van der Waals surface area contributed by atoms with E-state index in [0.717, 1.165) is 22.0 Å². The summed E-state index contributed by atoms with van der Waals surface area (Å²) in [5.41, 5.74) is 3.05. The van der Waals surface area contributed by atoms with Crippen molar-refractivity contribution in [1.82, 2.24) is 30.7 Å². The van der Waals surface area contributed by atoms with E-state index in [0.29, 0.717) is 56.8 Å². The molecule has 0 bridgehead atoms. The lowest BCUT2D eigenvalue weighted by Crippen LogP contribution is -2.57. The second kappa shape index (κ2) is 17.8. The number of methoxy groups -OCH3 is 1. The smallest absolute Gasteiger partial charge is 0.252 e. The molecule has 1 unspecified atom stereocenters. The van der Waals surface area contributed by atoms with Crippen LogP contribution in [0.3, 0.4) is 0 Å². The predicted molar refractivity (Wildman–Crippen MR) is 194 cm³/mol. The quantitative estimate of drug-likeness (QED) is 0.298. The maximum Gasteiger partial charge on any atom is 0.252 e. The Kier molecular flexibility index (Phi) is 13.6. The van der Waals surface area contributed by atoms with Gasteiger partial charge in [-0.1, -0.05) is 44.2 Å². The number of ether oxygens (including phenoxy) is 1. The number of aromatic amines is 1. The van der Waals surface area contributed by atoms with Gasteiger partial charge in [-0.2, -0.15) is 0 Å². The van der Waals surface area contributed by atoms with Crippen LogP contribution in [-0.4, -0.2) is 90.3 Å². The van der Waals surface area contributed by atoms with Gasteiger partial charge in [0.1, 0.15) is 23.9 Å². The van der Waals surface area contributed by atoms with Crippen LogP contribution in [0.15, 0.2) is 53.3 Å². The van der Waals surface area contributed by atoms with E-state index in [1.807, 2.05) is 57.2 Å². The standard InChI is InChI=1S/C38H52N6O6/c1-24(2)20-31-37(48)41-32(21-27-13-15-30(50-6)16-14-27)38(49)43(5)26(4)35(46)39-17-9-19-44(18-8-12-33(45)40-31)23-29-22-28-11-7-10-25(3)34(28)42-36(29)47/h7,10-11,13-16,22,24,26,31-32H,8-9,12,17-21,23H2,1-6H3,(H,39,46)(H,40,45)(H,41,48)(H,42,47)/t26-,31?,32-/m0/s1. The summed E-state index contributed by atoms with van der Waals surface area (Å²) >= 11 is 0. The van der Waals surface area contributed by atoms with E-state index in [1.165, 1.54) is 4.90 Å². The third kappa shape index (κ3) is 10.4. The molecular weight excluding hydrogens is 636 g/mol. The molecule has 0 aliphatic carbocycles. The molecule has 1 aromatic heterocycles. The molecule has 50 heavy (non-hydrogen) atoms. The number of carbonyl (C=O) groups excluding carboxylic acids is 4. The first-order valence-corrected chi connectivity index (χ1v) is 17.5. The fourth-order valence-corrected chi connectivity index (χ4v) is 6.23. The Morgan fingerprint density at radius 2 is 1.64 bits per heavy atom. The highest BCUT2D eigenvalue weighted by Crippen LogP contribution is 2.17. The van der Waals surface area contributed by atoms with Crippen molar-refractivity contribution in [3.8, 4) is 5.75 Å². The molecule has 12 nitrogen and oxygen atoms in total. The van der Waals surface area contributed by atoms with Gasteiger partial charge in [0.2, 0.25) is 23.6 Å². The number of benzene rings is 2.